The summed E-state index contributed by atoms with van der Waals surface area (Å²) in [6.45, 7) is 4.05. The molecule has 0 saturated carbocycles. The van der Waals surface area contributed by atoms with E-state index in [-0.39, 0.29) is 0 Å². The maximum absolute atomic E-state index is 12.0. The van der Waals surface area contributed by atoms with Gasteiger partial charge in [0, 0.05) is 20.7 Å². The van der Waals surface area contributed by atoms with Crippen LogP contribution in [0.4, 0.5) is 0 Å². The second-order valence-corrected chi connectivity index (χ2v) is 6.89. The highest BCUT2D eigenvalue weighted by molar-refractivity contribution is 7.90. The van der Waals surface area contributed by atoms with Crippen molar-refractivity contribution in [2.24, 2.45) is 0 Å². The second kappa shape index (κ2) is 4.91. The van der Waals surface area contributed by atoms with Crippen molar-refractivity contribution in [2.45, 2.75) is 31.1 Å². The Labute approximate surface area is 102 Å². The minimum atomic E-state index is -3.67. The van der Waals surface area contributed by atoms with Crippen LogP contribution in [0.1, 0.15) is 20.3 Å². The minimum absolute atomic E-state index is 0.342. The van der Waals surface area contributed by atoms with Crippen molar-refractivity contribution in [1.82, 2.24) is 9.62 Å². The highest BCUT2D eigenvalue weighted by Crippen LogP contribution is 2.20. The van der Waals surface area contributed by atoms with Crippen molar-refractivity contribution in [2.75, 3.05) is 27.3 Å². The Hall–Kier alpha value is -0.660. The normalized spacial score (nSPS) is 26.8. The van der Waals surface area contributed by atoms with E-state index in [9.17, 15) is 13.2 Å². The Morgan fingerprint density at radius 3 is 2.47 bits per heavy atom. The maximum atomic E-state index is 12.0. The van der Waals surface area contributed by atoms with E-state index in [4.69, 9.17) is 4.74 Å². The zero-order valence-electron chi connectivity index (χ0n) is 10.7. The Morgan fingerprint density at radius 2 is 2.06 bits per heavy atom. The predicted octanol–water partition coefficient (Wildman–Crippen LogP) is -0.438. The lowest BCUT2D eigenvalue weighted by Gasteiger charge is -2.26. The van der Waals surface area contributed by atoms with Gasteiger partial charge in [-0.2, -0.15) is 0 Å². The Bertz CT molecular complexity index is 385. The molecule has 0 aliphatic carbocycles. The second-order valence-electron chi connectivity index (χ2n) is 4.89. The summed E-state index contributed by atoms with van der Waals surface area (Å²) in [5, 5.41) is -1.09. The highest BCUT2D eigenvalue weighted by atomic mass is 32.2. The number of amides is 1. The van der Waals surface area contributed by atoms with E-state index >= 15 is 0 Å². The van der Waals surface area contributed by atoms with Crippen LogP contribution in [0.3, 0.4) is 0 Å². The van der Waals surface area contributed by atoms with E-state index in [1.807, 2.05) is 0 Å². The minimum Gasteiger partial charge on any atom is -0.379 e. The van der Waals surface area contributed by atoms with E-state index in [2.05, 4.69) is 4.72 Å². The molecule has 1 aliphatic heterocycles. The first-order chi connectivity index (χ1) is 7.68. The standard InChI is InChI=1S/C10H20N2O4S/c1-8(9(13)12(3)4)17(14,15)11-10(2)5-6-16-7-10/h8,11H,5-7H2,1-4H3. The van der Waals surface area contributed by atoms with Crippen molar-refractivity contribution >= 4 is 15.9 Å². The average Bonchev–Trinajstić information content (AvgIpc) is 2.61. The average molecular weight is 264 g/mol. The first-order valence-electron chi connectivity index (χ1n) is 5.50. The van der Waals surface area contributed by atoms with Gasteiger partial charge in [0.2, 0.25) is 15.9 Å². The quantitative estimate of drug-likeness (QED) is 0.747. The summed E-state index contributed by atoms with van der Waals surface area (Å²) in [4.78, 5) is 12.9. The maximum Gasteiger partial charge on any atom is 0.241 e. The molecular formula is C10H20N2O4S. The monoisotopic (exact) mass is 264 g/mol. The van der Waals surface area contributed by atoms with E-state index < -0.39 is 26.7 Å². The number of hydrogen-bond acceptors (Lipinski definition) is 4. The molecule has 0 bridgehead atoms. The smallest absolute Gasteiger partial charge is 0.241 e. The third-order valence-corrected chi connectivity index (χ3v) is 4.77. The molecule has 0 aromatic heterocycles. The molecule has 0 aromatic carbocycles. The first-order valence-corrected chi connectivity index (χ1v) is 7.04. The van der Waals surface area contributed by atoms with Crippen molar-refractivity contribution in [3.05, 3.63) is 0 Å². The Balaban J connectivity index is 2.78. The van der Waals surface area contributed by atoms with Gasteiger partial charge in [-0.25, -0.2) is 13.1 Å². The van der Waals surface area contributed by atoms with Gasteiger partial charge in [-0.3, -0.25) is 4.79 Å². The molecule has 100 valence electrons. The first kappa shape index (κ1) is 14.4. The summed E-state index contributed by atoms with van der Waals surface area (Å²) in [5.74, 6) is -0.431. The lowest BCUT2D eigenvalue weighted by Crippen LogP contribution is -2.52. The van der Waals surface area contributed by atoms with Gasteiger partial charge in [0.1, 0.15) is 0 Å². The summed E-state index contributed by atoms with van der Waals surface area (Å²) in [6.07, 6.45) is 0.620. The van der Waals surface area contributed by atoms with Crippen LogP contribution in [0.25, 0.3) is 0 Å². The third kappa shape index (κ3) is 3.40. The molecule has 1 N–H and O–H groups in total. The molecule has 17 heavy (non-hydrogen) atoms. The number of nitrogens with zero attached hydrogens (tertiary/aromatic N) is 1. The Kier molecular flexibility index (Phi) is 4.16. The van der Waals surface area contributed by atoms with Crippen LogP contribution in [0, 0.1) is 0 Å². The summed E-state index contributed by atoms with van der Waals surface area (Å²) < 4.78 is 31.8. The summed E-state index contributed by atoms with van der Waals surface area (Å²) >= 11 is 0. The van der Waals surface area contributed by atoms with Gasteiger partial charge in [0.25, 0.3) is 0 Å². The molecule has 1 fully saturated rings. The SMILES string of the molecule is CC(C(=O)N(C)C)S(=O)(=O)NC1(C)CCOC1. The summed E-state index contributed by atoms with van der Waals surface area (Å²) in [7, 11) is -0.595. The van der Waals surface area contributed by atoms with Crippen molar-refractivity contribution in [3.8, 4) is 0 Å². The molecule has 6 nitrogen and oxygen atoms in total. The fraction of sp³-hybridized carbons (Fsp3) is 0.900. The number of carbonyl (C=O) groups excluding carboxylic acids is 1. The lowest BCUT2D eigenvalue weighted by atomic mass is 10.0. The third-order valence-electron chi connectivity index (χ3n) is 2.86. The van der Waals surface area contributed by atoms with Crippen LogP contribution in [0.2, 0.25) is 0 Å². The summed E-state index contributed by atoms with van der Waals surface area (Å²) in [6, 6.07) is 0. The molecular weight excluding hydrogens is 244 g/mol. The zero-order chi connectivity index (χ0) is 13.3. The summed E-state index contributed by atoms with van der Waals surface area (Å²) in [5.41, 5.74) is -0.598. The van der Waals surface area contributed by atoms with Crippen molar-refractivity contribution < 1.29 is 17.9 Å². The molecule has 2 unspecified atom stereocenters. The molecule has 1 saturated heterocycles. The molecule has 2 atom stereocenters. The molecule has 0 aromatic rings. The van der Waals surface area contributed by atoms with Crippen molar-refractivity contribution in [1.29, 1.82) is 0 Å². The van der Waals surface area contributed by atoms with Crippen molar-refractivity contribution in [3.63, 3.8) is 0 Å². The topological polar surface area (TPSA) is 75.7 Å². The Morgan fingerprint density at radius 1 is 1.47 bits per heavy atom. The number of carbonyl (C=O) groups is 1. The number of hydrogen-bond donors (Lipinski definition) is 1. The molecule has 0 spiro atoms. The van der Waals surface area contributed by atoms with Gasteiger partial charge in [-0.15, -0.1) is 0 Å². The number of sulfonamides is 1. The van der Waals surface area contributed by atoms with Gasteiger partial charge in [0.05, 0.1) is 12.1 Å². The van der Waals surface area contributed by atoms with E-state index in [1.54, 1.807) is 6.92 Å². The number of nitrogens with one attached hydrogen (secondary N) is 1. The molecule has 1 rings (SSSR count). The van der Waals surface area contributed by atoms with E-state index in [0.29, 0.717) is 19.6 Å². The van der Waals surface area contributed by atoms with Crippen LogP contribution in [-0.4, -0.2) is 57.3 Å². The fourth-order valence-electron chi connectivity index (χ4n) is 1.68. The fourth-order valence-corrected chi connectivity index (χ4v) is 3.18. The highest BCUT2D eigenvalue weighted by Gasteiger charge is 2.38. The predicted molar refractivity (Wildman–Crippen MR) is 64.1 cm³/mol. The van der Waals surface area contributed by atoms with Gasteiger partial charge < -0.3 is 9.64 Å². The zero-order valence-corrected chi connectivity index (χ0v) is 11.5. The molecule has 1 aliphatic rings. The lowest BCUT2D eigenvalue weighted by molar-refractivity contribution is -0.127. The van der Waals surface area contributed by atoms with E-state index in [0.717, 1.165) is 0 Å². The van der Waals surface area contributed by atoms with Crippen LogP contribution < -0.4 is 4.72 Å². The van der Waals surface area contributed by atoms with Crippen LogP contribution in [0.15, 0.2) is 0 Å². The van der Waals surface area contributed by atoms with Gasteiger partial charge in [-0.1, -0.05) is 0 Å². The molecule has 1 heterocycles. The van der Waals surface area contributed by atoms with Crippen LogP contribution in [-0.2, 0) is 19.6 Å². The molecule has 1 amide bonds. The van der Waals surface area contributed by atoms with Crippen LogP contribution >= 0.6 is 0 Å². The van der Waals surface area contributed by atoms with Gasteiger partial charge >= 0.3 is 0 Å². The number of ether oxygens (including phenoxy) is 1. The number of rotatable bonds is 4. The van der Waals surface area contributed by atoms with Crippen LogP contribution in [0.5, 0.6) is 0 Å². The van der Waals surface area contributed by atoms with Gasteiger partial charge in [0.15, 0.2) is 5.25 Å². The van der Waals surface area contributed by atoms with E-state index in [1.165, 1.54) is 25.9 Å². The largest absolute Gasteiger partial charge is 0.379 e. The molecule has 7 heteroatoms. The van der Waals surface area contributed by atoms with Gasteiger partial charge in [-0.05, 0) is 20.3 Å². The molecule has 0 radical (unpaired) electrons.